The molecule has 1 spiro atoms. The Labute approximate surface area is 98.4 Å². The fourth-order valence-corrected chi connectivity index (χ4v) is 3.87. The number of thioether (sulfide) groups is 1. The number of halogens is 1. The molecule has 2 N–H and O–H groups in total. The minimum atomic E-state index is -0.256. The van der Waals surface area contributed by atoms with Crippen LogP contribution in [0.15, 0.2) is 18.2 Å². The lowest BCUT2D eigenvalue weighted by Crippen LogP contribution is -2.43. The third kappa shape index (κ3) is 1.60. The standard InChI is InChI=1S/C12H14FNOS/c13-8-1-2-9-10(14)6-12(3-4-16-7-12)15-11(9)5-8/h1-2,5,10H,3-4,6-7,14H2/t10-,12?/m0/s1. The Balaban J connectivity index is 2.00. The second-order valence-corrected chi connectivity index (χ2v) is 5.69. The fraction of sp³-hybridized carbons (Fsp3) is 0.500. The Bertz CT molecular complexity index is 417. The summed E-state index contributed by atoms with van der Waals surface area (Å²) in [6.45, 7) is 0. The average Bonchev–Trinajstić information content (AvgIpc) is 2.65. The van der Waals surface area contributed by atoms with Gasteiger partial charge in [0.25, 0.3) is 0 Å². The van der Waals surface area contributed by atoms with Gasteiger partial charge in [-0.05, 0) is 18.2 Å². The molecular formula is C12H14FNOS. The van der Waals surface area contributed by atoms with Crippen molar-refractivity contribution in [3.8, 4) is 5.75 Å². The van der Waals surface area contributed by atoms with Crippen LogP contribution in [0.2, 0.25) is 0 Å². The smallest absolute Gasteiger partial charge is 0.127 e. The van der Waals surface area contributed by atoms with Crippen LogP contribution in [0.4, 0.5) is 4.39 Å². The molecule has 2 heterocycles. The quantitative estimate of drug-likeness (QED) is 0.755. The van der Waals surface area contributed by atoms with Gasteiger partial charge in [0, 0.05) is 29.8 Å². The van der Waals surface area contributed by atoms with Gasteiger partial charge in [0.05, 0.1) is 0 Å². The zero-order valence-electron chi connectivity index (χ0n) is 8.91. The van der Waals surface area contributed by atoms with Crippen molar-refractivity contribution < 1.29 is 9.13 Å². The van der Waals surface area contributed by atoms with E-state index >= 15 is 0 Å². The molecule has 16 heavy (non-hydrogen) atoms. The summed E-state index contributed by atoms with van der Waals surface area (Å²) in [5.41, 5.74) is 6.93. The maximum atomic E-state index is 13.2. The van der Waals surface area contributed by atoms with Crippen molar-refractivity contribution in [1.29, 1.82) is 0 Å². The summed E-state index contributed by atoms with van der Waals surface area (Å²) in [5, 5.41) is 0. The van der Waals surface area contributed by atoms with E-state index in [1.165, 1.54) is 12.1 Å². The van der Waals surface area contributed by atoms with Crippen molar-refractivity contribution in [1.82, 2.24) is 0 Å². The Morgan fingerprint density at radius 1 is 1.50 bits per heavy atom. The summed E-state index contributed by atoms with van der Waals surface area (Å²) >= 11 is 1.89. The molecule has 1 saturated heterocycles. The van der Waals surface area contributed by atoms with E-state index in [1.54, 1.807) is 6.07 Å². The van der Waals surface area contributed by atoms with Crippen LogP contribution in [0.25, 0.3) is 0 Å². The first-order valence-corrected chi connectivity index (χ1v) is 6.66. The second-order valence-electron chi connectivity index (χ2n) is 4.58. The third-order valence-electron chi connectivity index (χ3n) is 3.36. The van der Waals surface area contributed by atoms with Gasteiger partial charge in [-0.3, -0.25) is 0 Å². The van der Waals surface area contributed by atoms with Crippen LogP contribution < -0.4 is 10.5 Å². The van der Waals surface area contributed by atoms with E-state index in [-0.39, 0.29) is 17.5 Å². The highest BCUT2D eigenvalue weighted by Gasteiger charge is 2.42. The maximum Gasteiger partial charge on any atom is 0.127 e. The lowest BCUT2D eigenvalue weighted by atomic mass is 9.87. The first-order chi connectivity index (χ1) is 7.69. The summed E-state index contributed by atoms with van der Waals surface area (Å²) in [5.74, 6) is 2.46. The van der Waals surface area contributed by atoms with Crippen LogP contribution in [0.1, 0.15) is 24.4 Å². The number of benzene rings is 1. The summed E-state index contributed by atoms with van der Waals surface area (Å²) in [6.07, 6.45) is 1.86. The Hall–Kier alpha value is -0.740. The highest BCUT2D eigenvalue weighted by Crippen LogP contribution is 2.45. The summed E-state index contributed by atoms with van der Waals surface area (Å²) < 4.78 is 19.2. The van der Waals surface area contributed by atoms with Gasteiger partial charge in [-0.25, -0.2) is 4.39 Å². The van der Waals surface area contributed by atoms with Crippen molar-refractivity contribution in [2.75, 3.05) is 11.5 Å². The molecule has 0 aliphatic carbocycles. The number of nitrogens with two attached hydrogens (primary N) is 1. The third-order valence-corrected chi connectivity index (χ3v) is 4.58. The lowest BCUT2D eigenvalue weighted by molar-refractivity contribution is 0.0611. The summed E-state index contributed by atoms with van der Waals surface area (Å²) in [4.78, 5) is 0. The van der Waals surface area contributed by atoms with E-state index in [0.29, 0.717) is 5.75 Å². The molecule has 1 fully saturated rings. The molecular weight excluding hydrogens is 225 g/mol. The summed E-state index contributed by atoms with van der Waals surface area (Å²) in [6, 6.07) is 4.62. The molecule has 2 aliphatic heterocycles. The van der Waals surface area contributed by atoms with Crippen LogP contribution in [0.5, 0.6) is 5.75 Å². The van der Waals surface area contributed by atoms with Gasteiger partial charge in [-0.15, -0.1) is 0 Å². The molecule has 0 aromatic heterocycles. The number of hydrogen-bond donors (Lipinski definition) is 1. The van der Waals surface area contributed by atoms with Crippen molar-refractivity contribution >= 4 is 11.8 Å². The first-order valence-electron chi connectivity index (χ1n) is 5.50. The molecule has 0 bridgehead atoms. The second kappa shape index (κ2) is 3.64. The number of fused-ring (bicyclic) bond motifs is 1. The van der Waals surface area contributed by atoms with Crippen LogP contribution in [0.3, 0.4) is 0 Å². The molecule has 0 saturated carbocycles. The molecule has 2 atom stereocenters. The monoisotopic (exact) mass is 239 g/mol. The Morgan fingerprint density at radius 3 is 3.12 bits per heavy atom. The van der Waals surface area contributed by atoms with E-state index < -0.39 is 0 Å². The predicted octanol–water partition coefficient (Wildman–Crippen LogP) is 2.48. The maximum absolute atomic E-state index is 13.2. The van der Waals surface area contributed by atoms with Crippen molar-refractivity contribution in [3.05, 3.63) is 29.6 Å². The van der Waals surface area contributed by atoms with Gasteiger partial charge in [0.1, 0.15) is 17.2 Å². The Morgan fingerprint density at radius 2 is 2.38 bits per heavy atom. The van der Waals surface area contributed by atoms with E-state index in [2.05, 4.69) is 0 Å². The zero-order valence-corrected chi connectivity index (χ0v) is 9.73. The molecule has 2 aliphatic rings. The highest BCUT2D eigenvalue weighted by molar-refractivity contribution is 7.99. The minimum Gasteiger partial charge on any atom is -0.486 e. The Kier molecular flexibility index (Phi) is 2.37. The fourth-order valence-electron chi connectivity index (χ4n) is 2.52. The van der Waals surface area contributed by atoms with Gasteiger partial charge in [0.2, 0.25) is 0 Å². The van der Waals surface area contributed by atoms with Gasteiger partial charge in [-0.1, -0.05) is 6.07 Å². The molecule has 1 aromatic carbocycles. The number of rotatable bonds is 0. The highest BCUT2D eigenvalue weighted by atomic mass is 32.2. The van der Waals surface area contributed by atoms with Crippen molar-refractivity contribution in [2.45, 2.75) is 24.5 Å². The minimum absolute atomic E-state index is 0.0250. The van der Waals surface area contributed by atoms with E-state index in [4.69, 9.17) is 10.5 Å². The molecule has 1 aromatic rings. The zero-order chi connectivity index (χ0) is 11.2. The molecule has 3 rings (SSSR count). The SMILES string of the molecule is N[C@H]1CC2(CCSC2)Oc2cc(F)ccc21. The van der Waals surface area contributed by atoms with Crippen LogP contribution in [0, 0.1) is 5.82 Å². The molecule has 0 radical (unpaired) electrons. The van der Waals surface area contributed by atoms with E-state index in [9.17, 15) is 4.39 Å². The largest absolute Gasteiger partial charge is 0.486 e. The summed E-state index contributed by atoms with van der Waals surface area (Å²) in [7, 11) is 0. The van der Waals surface area contributed by atoms with Gasteiger partial charge in [0.15, 0.2) is 0 Å². The number of hydrogen-bond acceptors (Lipinski definition) is 3. The number of ether oxygens (including phenoxy) is 1. The topological polar surface area (TPSA) is 35.2 Å². The molecule has 4 heteroatoms. The normalized spacial score (nSPS) is 32.5. The van der Waals surface area contributed by atoms with Crippen molar-refractivity contribution in [2.24, 2.45) is 5.73 Å². The molecule has 1 unspecified atom stereocenters. The van der Waals surface area contributed by atoms with Gasteiger partial charge in [-0.2, -0.15) is 11.8 Å². The van der Waals surface area contributed by atoms with E-state index in [0.717, 1.165) is 29.9 Å². The predicted molar refractivity (Wildman–Crippen MR) is 63.2 cm³/mol. The van der Waals surface area contributed by atoms with Crippen LogP contribution >= 0.6 is 11.8 Å². The van der Waals surface area contributed by atoms with Crippen LogP contribution in [-0.4, -0.2) is 17.1 Å². The van der Waals surface area contributed by atoms with E-state index in [1.807, 2.05) is 11.8 Å². The lowest BCUT2D eigenvalue weighted by Gasteiger charge is -2.38. The molecule has 0 amide bonds. The van der Waals surface area contributed by atoms with Crippen molar-refractivity contribution in [3.63, 3.8) is 0 Å². The van der Waals surface area contributed by atoms with Gasteiger partial charge >= 0.3 is 0 Å². The first kappa shape index (κ1) is 10.4. The average molecular weight is 239 g/mol. The molecule has 2 nitrogen and oxygen atoms in total. The van der Waals surface area contributed by atoms with Crippen LogP contribution in [-0.2, 0) is 0 Å². The van der Waals surface area contributed by atoms with Gasteiger partial charge < -0.3 is 10.5 Å². The molecule has 86 valence electrons.